The molecule has 0 aliphatic carbocycles. The van der Waals surface area contributed by atoms with Crippen molar-refractivity contribution in [2.24, 2.45) is 0 Å². The molecule has 1 aliphatic rings. The van der Waals surface area contributed by atoms with Crippen LogP contribution in [0.15, 0.2) is 10.5 Å². The van der Waals surface area contributed by atoms with E-state index < -0.39 is 0 Å². The number of carbonyl (C=O) groups is 1. The van der Waals surface area contributed by atoms with Crippen molar-refractivity contribution >= 4 is 5.91 Å². The Morgan fingerprint density at radius 2 is 2.29 bits per heavy atom. The van der Waals surface area contributed by atoms with Crippen LogP contribution < -0.4 is 0 Å². The van der Waals surface area contributed by atoms with Crippen LogP contribution in [0.2, 0.25) is 0 Å². The number of hydrogen-bond donors (Lipinski definition) is 2. The first-order valence-electron chi connectivity index (χ1n) is 8.44. The summed E-state index contributed by atoms with van der Waals surface area (Å²) in [7, 11) is 0. The van der Waals surface area contributed by atoms with Gasteiger partial charge in [-0.1, -0.05) is 13.8 Å². The van der Waals surface area contributed by atoms with Crippen LogP contribution in [-0.2, 0) is 6.61 Å². The molecule has 2 aromatic heterocycles. The van der Waals surface area contributed by atoms with E-state index in [0.29, 0.717) is 18.1 Å². The lowest BCUT2D eigenvalue weighted by atomic mass is 10.0. The Hall–Kier alpha value is -2.15. The number of aromatic amines is 1. The fraction of sp³-hybridized carbons (Fsp3) is 0.588. The Kier molecular flexibility index (Phi) is 4.71. The van der Waals surface area contributed by atoms with Gasteiger partial charge < -0.3 is 14.4 Å². The summed E-state index contributed by atoms with van der Waals surface area (Å²) in [4.78, 5) is 19.3. The van der Waals surface area contributed by atoms with Gasteiger partial charge in [0.05, 0.1) is 6.04 Å². The molecule has 2 N–H and O–H groups in total. The molecule has 0 aromatic carbocycles. The van der Waals surface area contributed by atoms with Crippen LogP contribution in [0.25, 0.3) is 0 Å². The zero-order chi connectivity index (χ0) is 17.3. The first-order chi connectivity index (χ1) is 11.5. The highest BCUT2D eigenvalue weighted by Crippen LogP contribution is 2.31. The van der Waals surface area contributed by atoms with Gasteiger partial charge in [0.2, 0.25) is 0 Å². The second-order valence-electron chi connectivity index (χ2n) is 6.63. The maximum atomic E-state index is 13.0. The highest BCUT2D eigenvalue weighted by molar-refractivity contribution is 5.93. The van der Waals surface area contributed by atoms with Gasteiger partial charge in [0, 0.05) is 18.0 Å². The summed E-state index contributed by atoms with van der Waals surface area (Å²) in [5.74, 6) is 2.29. The highest BCUT2D eigenvalue weighted by Gasteiger charge is 2.33. The van der Waals surface area contributed by atoms with Gasteiger partial charge >= 0.3 is 0 Å². The van der Waals surface area contributed by atoms with Crippen molar-refractivity contribution in [2.75, 3.05) is 6.54 Å². The minimum absolute atomic E-state index is 0.117. The van der Waals surface area contributed by atoms with E-state index in [9.17, 15) is 9.90 Å². The molecule has 1 saturated heterocycles. The molecule has 1 amide bonds. The zero-order valence-electron chi connectivity index (χ0n) is 14.4. The second-order valence-corrected chi connectivity index (χ2v) is 6.63. The number of amides is 1. The molecule has 0 bridgehead atoms. The summed E-state index contributed by atoms with van der Waals surface area (Å²) in [5.41, 5.74) is 0.744. The summed E-state index contributed by atoms with van der Waals surface area (Å²) in [6, 6.07) is 1.59. The van der Waals surface area contributed by atoms with E-state index in [2.05, 4.69) is 15.2 Å². The number of hydrogen-bond acceptors (Lipinski definition) is 5. The Bertz CT molecular complexity index is 719. The van der Waals surface area contributed by atoms with Crippen molar-refractivity contribution in [3.8, 4) is 0 Å². The van der Waals surface area contributed by atoms with E-state index in [1.165, 1.54) is 0 Å². The lowest BCUT2D eigenvalue weighted by Crippen LogP contribution is -2.39. The van der Waals surface area contributed by atoms with Crippen molar-refractivity contribution in [1.82, 2.24) is 20.1 Å². The van der Waals surface area contributed by atoms with Crippen LogP contribution in [0, 0.1) is 6.92 Å². The molecule has 0 spiro atoms. The Labute approximate surface area is 141 Å². The number of aryl methyl sites for hydroxylation is 1. The van der Waals surface area contributed by atoms with Crippen LogP contribution in [0.5, 0.6) is 0 Å². The molecule has 0 radical (unpaired) electrons. The van der Waals surface area contributed by atoms with Crippen molar-refractivity contribution in [3.05, 3.63) is 34.8 Å². The van der Waals surface area contributed by atoms with Crippen LogP contribution >= 0.6 is 0 Å². The molecule has 1 aliphatic heterocycles. The summed E-state index contributed by atoms with van der Waals surface area (Å²) in [5, 5.41) is 16.5. The van der Waals surface area contributed by atoms with E-state index in [1.807, 2.05) is 20.8 Å². The predicted octanol–water partition coefficient (Wildman–Crippen LogP) is 2.69. The SMILES string of the molecule is Cc1cc(CO)oc1C(=O)N1CCCCC1c1nc(C(C)C)n[nH]1. The number of furan rings is 1. The summed E-state index contributed by atoms with van der Waals surface area (Å²) >= 11 is 0. The standard InChI is InChI=1S/C17H24N4O3/c1-10(2)15-18-16(20-19-15)13-6-4-5-7-21(13)17(23)14-11(3)8-12(9-22)24-14/h8,10,13,22H,4-7,9H2,1-3H3,(H,18,19,20). The van der Waals surface area contributed by atoms with Gasteiger partial charge in [0.15, 0.2) is 11.6 Å². The Morgan fingerprint density at radius 1 is 1.50 bits per heavy atom. The molecule has 130 valence electrons. The minimum Gasteiger partial charge on any atom is -0.453 e. The minimum atomic E-state index is -0.211. The van der Waals surface area contributed by atoms with E-state index in [-0.39, 0.29) is 24.5 Å². The average Bonchev–Trinajstić information content (AvgIpc) is 3.21. The number of likely N-dealkylation sites (tertiary alicyclic amines) is 1. The third-order valence-corrected chi connectivity index (χ3v) is 4.43. The number of aromatic nitrogens is 3. The smallest absolute Gasteiger partial charge is 0.290 e. The monoisotopic (exact) mass is 332 g/mol. The molecule has 7 heteroatoms. The van der Waals surface area contributed by atoms with Crippen molar-refractivity contribution in [3.63, 3.8) is 0 Å². The molecule has 0 saturated carbocycles. The highest BCUT2D eigenvalue weighted by atomic mass is 16.4. The first-order valence-corrected chi connectivity index (χ1v) is 8.44. The zero-order valence-corrected chi connectivity index (χ0v) is 14.4. The van der Waals surface area contributed by atoms with Crippen LogP contribution in [0.1, 0.15) is 78.6 Å². The van der Waals surface area contributed by atoms with E-state index >= 15 is 0 Å². The van der Waals surface area contributed by atoms with Gasteiger partial charge in [0.25, 0.3) is 5.91 Å². The third-order valence-electron chi connectivity index (χ3n) is 4.43. The molecule has 1 atom stereocenters. The van der Waals surface area contributed by atoms with Crippen molar-refractivity contribution in [2.45, 2.75) is 58.6 Å². The molecule has 3 rings (SSSR count). The number of nitrogens with one attached hydrogen (secondary N) is 1. The number of aliphatic hydroxyl groups is 1. The molecule has 24 heavy (non-hydrogen) atoms. The van der Waals surface area contributed by atoms with Crippen LogP contribution in [-0.4, -0.2) is 37.6 Å². The van der Waals surface area contributed by atoms with Gasteiger partial charge in [-0.15, -0.1) is 0 Å². The average molecular weight is 332 g/mol. The fourth-order valence-electron chi connectivity index (χ4n) is 3.12. The fourth-order valence-corrected chi connectivity index (χ4v) is 3.12. The maximum absolute atomic E-state index is 13.0. The van der Waals surface area contributed by atoms with Gasteiger partial charge in [-0.25, -0.2) is 4.98 Å². The third kappa shape index (κ3) is 3.08. The van der Waals surface area contributed by atoms with E-state index in [0.717, 1.165) is 36.5 Å². The quantitative estimate of drug-likeness (QED) is 0.897. The van der Waals surface area contributed by atoms with E-state index in [4.69, 9.17) is 4.42 Å². The summed E-state index contributed by atoms with van der Waals surface area (Å²) < 4.78 is 5.52. The maximum Gasteiger partial charge on any atom is 0.290 e. The first kappa shape index (κ1) is 16.7. The van der Waals surface area contributed by atoms with Crippen LogP contribution in [0.4, 0.5) is 0 Å². The number of carbonyl (C=O) groups excluding carboxylic acids is 1. The Morgan fingerprint density at radius 3 is 2.92 bits per heavy atom. The molecule has 7 nitrogen and oxygen atoms in total. The summed E-state index contributed by atoms with van der Waals surface area (Å²) in [6.45, 7) is 6.35. The number of piperidine rings is 1. The number of aliphatic hydroxyl groups excluding tert-OH is 1. The lowest BCUT2D eigenvalue weighted by Gasteiger charge is -2.33. The predicted molar refractivity (Wildman–Crippen MR) is 87.5 cm³/mol. The molecule has 1 fully saturated rings. The van der Waals surface area contributed by atoms with E-state index in [1.54, 1.807) is 11.0 Å². The van der Waals surface area contributed by atoms with Crippen LogP contribution in [0.3, 0.4) is 0 Å². The molecule has 3 heterocycles. The number of nitrogens with zero attached hydrogens (tertiary/aromatic N) is 3. The van der Waals surface area contributed by atoms with Gasteiger partial charge in [-0.05, 0) is 32.3 Å². The topological polar surface area (TPSA) is 95.2 Å². The lowest BCUT2D eigenvalue weighted by molar-refractivity contribution is 0.0562. The van der Waals surface area contributed by atoms with Gasteiger partial charge in [-0.2, -0.15) is 5.10 Å². The summed E-state index contributed by atoms with van der Waals surface area (Å²) in [6.07, 6.45) is 2.86. The largest absolute Gasteiger partial charge is 0.453 e. The van der Waals surface area contributed by atoms with Crippen molar-refractivity contribution in [1.29, 1.82) is 0 Å². The number of H-pyrrole nitrogens is 1. The van der Waals surface area contributed by atoms with Gasteiger partial charge in [0.1, 0.15) is 18.2 Å². The van der Waals surface area contributed by atoms with Gasteiger partial charge in [-0.3, -0.25) is 9.89 Å². The molecular formula is C17H24N4O3. The molecule has 1 unspecified atom stereocenters. The molecular weight excluding hydrogens is 308 g/mol. The normalized spacial score (nSPS) is 18.4. The second kappa shape index (κ2) is 6.76. The van der Waals surface area contributed by atoms with Crippen molar-refractivity contribution < 1.29 is 14.3 Å². The molecule has 2 aromatic rings. The number of rotatable bonds is 4. The Balaban J connectivity index is 1.88.